The number of phenols is 2. The summed E-state index contributed by atoms with van der Waals surface area (Å²) in [4.78, 5) is 11.3. The van der Waals surface area contributed by atoms with Crippen molar-refractivity contribution in [2.24, 2.45) is 0 Å². The minimum Gasteiger partial charge on any atom is -0.508 e. The van der Waals surface area contributed by atoms with Gasteiger partial charge < -0.3 is 15.3 Å². The zero-order valence-electron chi connectivity index (χ0n) is 10.6. The maximum Gasteiger partial charge on any atom is 0.401 e. The van der Waals surface area contributed by atoms with Crippen LogP contribution >= 0.6 is 0 Å². The van der Waals surface area contributed by atoms with Gasteiger partial charge in [0.05, 0.1) is 13.1 Å². The molecule has 0 bridgehead atoms. The molecule has 8 heteroatoms. The molecule has 0 aromatic heterocycles. The maximum atomic E-state index is 12.5. The molecule has 0 heterocycles. The van der Waals surface area contributed by atoms with Gasteiger partial charge in [0.25, 0.3) is 0 Å². The number of aromatic hydroxyl groups is 2. The molecule has 0 saturated carbocycles. The Hall–Kier alpha value is -1.96. The molecule has 1 unspecified atom stereocenters. The van der Waals surface area contributed by atoms with Crippen LogP contribution in [0.4, 0.5) is 13.2 Å². The fourth-order valence-corrected chi connectivity index (χ4v) is 1.80. The molecule has 5 nitrogen and oxygen atoms in total. The highest BCUT2D eigenvalue weighted by Gasteiger charge is 2.34. The first-order valence-corrected chi connectivity index (χ1v) is 5.64. The zero-order valence-corrected chi connectivity index (χ0v) is 10.6. The molecule has 1 rings (SSSR count). The van der Waals surface area contributed by atoms with Crippen LogP contribution in [0.3, 0.4) is 0 Å². The lowest BCUT2D eigenvalue weighted by atomic mass is 10.1. The fourth-order valence-electron chi connectivity index (χ4n) is 1.80. The van der Waals surface area contributed by atoms with Crippen LogP contribution < -0.4 is 0 Å². The van der Waals surface area contributed by atoms with E-state index in [2.05, 4.69) is 0 Å². The van der Waals surface area contributed by atoms with Gasteiger partial charge >= 0.3 is 12.1 Å². The van der Waals surface area contributed by atoms with Crippen LogP contribution in [-0.2, 0) is 4.79 Å². The number of alkyl halides is 3. The summed E-state index contributed by atoms with van der Waals surface area (Å²) in [5, 5.41) is 27.3. The SMILES string of the molecule is CC(c1cc(O)cc(O)c1)N(CC(=O)O)CC(F)(F)F. The van der Waals surface area contributed by atoms with Crippen molar-refractivity contribution in [3.8, 4) is 11.5 Å². The van der Waals surface area contributed by atoms with E-state index >= 15 is 0 Å². The van der Waals surface area contributed by atoms with Crippen molar-refractivity contribution in [1.29, 1.82) is 0 Å². The summed E-state index contributed by atoms with van der Waals surface area (Å²) in [7, 11) is 0. The third kappa shape index (κ3) is 4.96. The van der Waals surface area contributed by atoms with Gasteiger partial charge in [-0.3, -0.25) is 9.69 Å². The van der Waals surface area contributed by atoms with Gasteiger partial charge in [0, 0.05) is 12.1 Å². The van der Waals surface area contributed by atoms with Gasteiger partial charge in [0.1, 0.15) is 11.5 Å². The minimum atomic E-state index is -4.55. The van der Waals surface area contributed by atoms with Crippen LogP contribution in [-0.4, -0.2) is 45.5 Å². The first-order valence-electron chi connectivity index (χ1n) is 5.64. The van der Waals surface area contributed by atoms with E-state index in [9.17, 15) is 28.2 Å². The second-order valence-corrected chi connectivity index (χ2v) is 4.37. The molecule has 0 radical (unpaired) electrons. The molecule has 0 aliphatic carbocycles. The van der Waals surface area contributed by atoms with Gasteiger partial charge in [-0.2, -0.15) is 13.2 Å². The number of nitrogens with zero attached hydrogens (tertiary/aromatic N) is 1. The number of benzene rings is 1. The first-order chi connectivity index (χ1) is 9.08. The highest BCUT2D eigenvalue weighted by molar-refractivity contribution is 5.69. The maximum absolute atomic E-state index is 12.5. The Bertz CT molecular complexity index is 470. The molecule has 0 spiro atoms. The molecule has 1 atom stereocenters. The standard InChI is InChI=1S/C12H14F3NO4/c1-7(8-2-9(17)4-10(18)3-8)16(5-11(19)20)6-12(13,14)15/h2-4,7,17-18H,5-6H2,1H3,(H,19,20). The Morgan fingerprint density at radius 1 is 1.25 bits per heavy atom. The van der Waals surface area contributed by atoms with Crippen LogP contribution in [0.1, 0.15) is 18.5 Å². The van der Waals surface area contributed by atoms with Crippen molar-refractivity contribution in [2.75, 3.05) is 13.1 Å². The molecular weight excluding hydrogens is 279 g/mol. The van der Waals surface area contributed by atoms with Crippen molar-refractivity contribution < 1.29 is 33.3 Å². The smallest absolute Gasteiger partial charge is 0.401 e. The van der Waals surface area contributed by atoms with Gasteiger partial charge in [-0.15, -0.1) is 0 Å². The number of phenolic OH excluding ortho intramolecular Hbond substituents is 2. The second kappa shape index (κ2) is 6.00. The van der Waals surface area contributed by atoms with Crippen LogP contribution in [0, 0.1) is 0 Å². The topological polar surface area (TPSA) is 81.0 Å². The van der Waals surface area contributed by atoms with Crippen molar-refractivity contribution in [1.82, 2.24) is 4.90 Å². The van der Waals surface area contributed by atoms with Crippen molar-refractivity contribution >= 4 is 5.97 Å². The van der Waals surface area contributed by atoms with Gasteiger partial charge in [0.15, 0.2) is 0 Å². The third-order valence-corrected chi connectivity index (χ3v) is 2.68. The quantitative estimate of drug-likeness (QED) is 0.774. The predicted octanol–water partition coefficient (Wildman–Crippen LogP) is 2.11. The highest BCUT2D eigenvalue weighted by atomic mass is 19.4. The summed E-state index contributed by atoms with van der Waals surface area (Å²) in [5.41, 5.74) is 0.188. The van der Waals surface area contributed by atoms with E-state index < -0.39 is 31.3 Å². The number of hydrogen-bond acceptors (Lipinski definition) is 4. The van der Waals surface area contributed by atoms with Gasteiger partial charge in [-0.05, 0) is 24.6 Å². The Labute approximate surface area is 112 Å². The summed E-state index contributed by atoms with van der Waals surface area (Å²) in [5.74, 6) is -2.02. The molecule has 20 heavy (non-hydrogen) atoms. The van der Waals surface area contributed by atoms with Gasteiger partial charge in [-0.25, -0.2) is 0 Å². The fraction of sp³-hybridized carbons (Fsp3) is 0.417. The first kappa shape index (κ1) is 16.1. The molecule has 3 N–H and O–H groups in total. The van der Waals surface area contributed by atoms with E-state index in [0.717, 1.165) is 6.07 Å². The van der Waals surface area contributed by atoms with Gasteiger partial charge in [0.2, 0.25) is 0 Å². The van der Waals surface area contributed by atoms with E-state index in [1.165, 1.54) is 19.1 Å². The number of aliphatic carboxylic acids is 1. The Kier molecular flexibility index (Phi) is 4.83. The second-order valence-electron chi connectivity index (χ2n) is 4.37. The molecular formula is C12H14F3NO4. The van der Waals surface area contributed by atoms with E-state index in [4.69, 9.17) is 5.11 Å². The lowest BCUT2D eigenvalue weighted by Gasteiger charge is -2.28. The highest BCUT2D eigenvalue weighted by Crippen LogP contribution is 2.30. The van der Waals surface area contributed by atoms with Crippen LogP contribution in [0.5, 0.6) is 11.5 Å². The minimum absolute atomic E-state index is 0.188. The predicted molar refractivity (Wildman–Crippen MR) is 63.5 cm³/mol. The summed E-state index contributed by atoms with van der Waals surface area (Å²) >= 11 is 0. The van der Waals surface area contributed by atoms with Crippen molar-refractivity contribution in [3.63, 3.8) is 0 Å². The molecule has 112 valence electrons. The van der Waals surface area contributed by atoms with Crippen molar-refractivity contribution in [2.45, 2.75) is 19.1 Å². The molecule has 0 amide bonds. The van der Waals surface area contributed by atoms with E-state index in [0.29, 0.717) is 4.90 Å². The van der Waals surface area contributed by atoms with E-state index in [1.807, 2.05) is 0 Å². The number of carbonyl (C=O) groups is 1. The Morgan fingerprint density at radius 3 is 2.15 bits per heavy atom. The molecule has 0 aliphatic rings. The van der Waals surface area contributed by atoms with Crippen LogP contribution in [0.15, 0.2) is 18.2 Å². The molecule has 1 aromatic carbocycles. The average molecular weight is 293 g/mol. The summed E-state index contributed by atoms with van der Waals surface area (Å²) < 4.78 is 37.4. The van der Waals surface area contributed by atoms with Crippen LogP contribution in [0.2, 0.25) is 0 Å². The lowest BCUT2D eigenvalue weighted by molar-refractivity contribution is -0.157. The summed E-state index contributed by atoms with van der Waals surface area (Å²) in [6.45, 7) is -0.850. The number of hydrogen-bond donors (Lipinski definition) is 3. The number of rotatable bonds is 5. The Balaban J connectivity index is 3.02. The summed E-state index contributed by atoms with van der Waals surface area (Å²) in [6.07, 6.45) is -4.55. The largest absolute Gasteiger partial charge is 0.508 e. The molecule has 0 saturated heterocycles. The van der Waals surface area contributed by atoms with Crippen LogP contribution in [0.25, 0.3) is 0 Å². The Morgan fingerprint density at radius 2 is 1.75 bits per heavy atom. The molecule has 0 fully saturated rings. The van der Waals surface area contributed by atoms with E-state index in [1.54, 1.807) is 0 Å². The lowest BCUT2D eigenvalue weighted by Crippen LogP contribution is -2.39. The average Bonchev–Trinajstić information content (AvgIpc) is 2.23. The number of carboxylic acids is 1. The number of carboxylic acid groups (broad SMARTS) is 1. The van der Waals surface area contributed by atoms with Gasteiger partial charge in [-0.1, -0.05) is 0 Å². The summed E-state index contributed by atoms with van der Waals surface area (Å²) in [6, 6.07) is 2.44. The molecule has 1 aromatic rings. The zero-order chi connectivity index (χ0) is 15.5. The van der Waals surface area contributed by atoms with E-state index in [-0.39, 0.29) is 17.1 Å². The monoisotopic (exact) mass is 293 g/mol. The number of halogens is 3. The van der Waals surface area contributed by atoms with Crippen molar-refractivity contribution in [3.05, 3.63) is 23.8 Å². The third-order valence-electron chi connectivity index (χ3n) is 2.68. The normalized spacial score (nSPS) is 13.4. The molecule has 0 aliphatic heterocycles.